The number of nitrogens with zero attached hydrogens (tertiary/aromatic N) is 3. The minimum absolute atomic E-state index is 0.0170. The number of likely N-dealkylation sites (N-methyl/N-ethyl adjacent to an activating group) is 1. The molecular formula is C14H19N5O2. The second-order valence-corrected chi connectivity index (χ2v) is 5.37. The highest BCUT2D eigenvalue weighted by Crippen LogP contribution is 2.29. The summed E-state index contributed by atoms with van der Waals surface area (Å²) in [6, 6.07) is 1.77. The molecule has 0 aliphatic carbocycles. The maximum absolute atomic E-state index is 12.3. The summed E-state index contributed by atoms with van der Waals surface area (Å²) < 4.78 is 5.77. The lowest BCUT2D eigenvalue weighted by Crippen LogP contribution is -2.36. The SMILES string of the molecule is Cc1nc([C@@H]2CCO[C@@H]2CN(C)C(=O)c2cc[nH]c2)n[nH]1. The summed E-state index contributed by atoms with van der Waals surface area (Å²) in [6.07, 6.45) is 4.26. The number of nitrogens with one attached hydrogen (secondary N) is 2. The Balaban J connectivity index is 1.67. The van der Waals surface area contributed by atoms with Crippen LogP contribution in [0.2, 0.25) is 0 Å². The van der Waals surface area contributed by atoms with E-state index in [1.54, 1.807) is 30.4 Å². The molecule has 21 heavy (non-hydrogen) atoms. The third-order valence-electron chi connectivity index (χ3n) is 3.80. The topological polar surface area (TPSA) is 86.9 Å². The Morgan fingerprint density at radius 2 is 2.43 bits per heavy atom. The number of H-pyrrole nitrogens is 2. The van der Waals surface area contributed by atoms with Gasteiger partial charge in [0.25, 0.3) is 5.91 Å². The average molecular weight is 289 g/mol. The number of ether oxygens (including phenoxy) is 1. The zero-order chi connectivity index (χ0) is 14.8. The Hall–Kier alpha value is -2.15. The lowest BCUT2D eigenvalue weighted by Gasteiger charge is -2.23. The van der Waals surface area contributed by atoms with Crippen molar-refractivity contribution in [1.82, 2.24) is 25.1 Å². The Labute approximate surface area is 122 Å². The van der Waals surface area contributed by atoms with E-state index in [4.69, 9.17) is 4.74 Å². The van der Waals surface area contributed by atoms with Crippen molar-refractivity contribution >= 4 is 5.91 Å². The van der Waals surface area contributed by atoms with E-state index in [-0.39, 0.29) is 17.9 Å². The van der Waals surface area contributed by atoms with Crippen molar-refractivity contribution < 1.29 is 9.53 Å². The van der Waals surface area contributed by atoms with Gasteiger partial charge >= 0.3 is 0 Å². The molecule has 7 nitrogen and oxygen atoms in total. The summed E-state index contributed by atoms with van der Waals surface area (Å²) >= 11 is 0. The quantitative estimate of drug-likeness (QED) is 0.882. The maximum Gasteiger partial charge on any atom is 0.255 e. The van der Waals surface area contributed by atoms with Crippen LogP contribution in [0.3, 0.4) is 0 Å². The summed E-state index contributed by atoms with van der Waals surface area (Å²) in [5.41, 5.74) is 0.654. The zero-order valence-electron chi connectivity index (χ0n) is 12.2. The Morgan fingerprint density at radius 3 is 3.10 bits per heavy atom. The summed E-state index contributed by atoms with van der Waals surface area (Å²) in [5, 5.41) is 7.09. The number of hydrogen-bond donors (Lipinski definition) is 2. The number of rotatable bonds is 4. The van der Waals surface area contributed by atoms with Gasteiger partial charge in [-0.2, -0.15) is 5.10 Å². The second kappa shape index (κ2) is 5.69. The van der Waals surface area contributed by atoms with Gasteiger partial charge in [0, 0.05) is 32.6 Å². The van der Waals surface area contributed by atoms with Crippen LogP contribution in [-0.4, -0.2) is 57.3 Å². The van der Waals surface area contributed by atoms with E-state index in [1.165, 1.54) is 0 Å². The van der Waals surface area contributed by atoms with E-state index in [0.717, 1.165) is 18.1 Å². The number of amides is 1. The fourth-order valence-corrected chi connectivity index (χ4v) is 2.68. The molecule has 2 N–H and O–H groups in total. The highest BCUT2D eigenvalue weighted by atomic mass is 16.5. The standard InChI is InChI=1S/C14H19N5O2/c1-9-16-13(18-17-9)11-4-6-21-12(11)8-19(2)14(20)10-3-5-15-7-10/h3,5,7,11-12,15H,4,6,8H2,1-2H3,(H,16,17,18)/t11-,12-/m1/s1. The van der Waals surface area contributed by atoms with Crippen LogP contribution in [0.5, 0.6) is 0 Å². The molecule has 1 amide bonds. The van der Waals surface area contributed by atoms with Crippen molar-refractivity contribution in [2.24, 2.45) is 0 Å². The average Bonchev–Trinajstić information content (AvgIpc) is 3.17. The molecule has 7 heteroatoms. The lowest BCUT2D eigenvalue weighted by atomic mass is 10.0. The third-order valence-corrected chi connectivity index (χ3v) is 3.80. The van der Waals surface area contributed by atoms with E-state index in [1.807, 2.05) is 6.92 Å². The summed E-state index contributed by atoms with van der Waals surface area (Å²) in [5.74, 6) is 1.69. The van der Waals surface area contributed by atoms with E-state index in [9.17, 15) is 4.79 Å². The number of aryl methyl sites for hydroxylation is 1. The summed E-state index contributed by atoms with van der Waals surface area (Å²) in [6.45, 7) is 3.08. The minimum Gasteiger partial charge on any atom is -0.376 e. The van der Waals surface area contributed by atoms with Gasteiger partial charge in [0.05, 0.1) is 17.6 Å². The molecule has 0 aromatic carbocycles. The van der Waals surface area contributed by atoms with Gasteiger partial charge in [-0.3, -0.25) is 9.89 Å². The van der Waals surface area contributed by atoms with Crippen molar-refractivity contribution in [3.05, 3.63) is 35.7 Å². The Bertz CT molecular complexity index is 607. The van der Waals surface area contributed by atoms with Crippen molar-refractivity contribution in [2.45, 2.75) is 25.4 Å². The molecule has 0 radical (unpaired) electrons. The van der Waals surface area contributed by atoms with Gasteiger partial charge in [0.15, 0.2) is 5.82 Å². The molecule has 3 heterocycles. The highest BCUT2D eigenvalue weighted by Gasteiger charge is 2.34. The van der Waals surface area contributed by atoms with Crippen molar-refractivity contribution in [2.75, 3.05) is 20.2 Å². The Morgan fingerprint density at radius 1 is 1.57 bits per heavy atom. The molecule has 1 saturated heterocycles. The van der Waals surface area contributed by atoms with Crippen LogP contribution >= 0.6 is 0 Å². The maximum atomic E-state index is 12.3. The molecule has 1 aliphatic heterocycles. The van der Waals surface area contributed by atoms with Crippen LogP contribution in [0.1, 0.15) is 34.3 Å². The van der Waals surface area contributed by atoms with Gasteiger partial charge in [0.1, 0.15) is 5.82 Å². The van der Waals surface area contributed by atoms with Crippen LogP contribution in [0.4, 0.5) is 0 Å². The van der Waals surface area contributed by atoms with Gasteiger partial charge in [0.2, 0.25) is 0 Å². The van der Waals surface area contributed by atoms with Crippen molar-refractivity contribution in [3.8, 4) is 0 Å². The molecule has 1 aliphatic rings. The van der Waals surface area contributed by atoms with Gasteiger partial charge < -0.3 is 14.6 Å². The molecule has 0 bridgehead atoms. The number of carbonyl (C=O) groups is 1. The molecule has 2 aromatic heterocycles. The lowest BCUT2D eigenvalue weighted by molar-refractivity contribution is 0.0550. The first-order valence-electron chi connectivity index (χ1n) is 7.04. The fourth-order valence-electron chi connectivity index (χ4n) is 2.68. The number of carbonyl (C=O) groups excluding carboxylic acids is 1. The van der Waals surface area contributed by atoms with E-state index in [2.05, 4.69) is 20.2 Å². The molecule has 0 spiro atoms. The first-order chi connectivity index (χ1) is 10.1. The normalized spacial score (nSPS) is 21.6. The molecular weight excluding hydrogens is 270 g/mol. The van der Waals surface area contributed by atoms with Crippen LogP contribution in [0.15, 0.2) is 18.5 Å². The number of hydrogen-bond acceptors (Lipinski definition) is 4. The van der Waals surface area contributed by atoms with Crippen LogP contribution < -0.4 is 0 Å². The zero-order valence-corrected chi connectivity index (χ0v) is 12.2. The third kappa shape index (κ3) is 2.82. The monoisotopic (exact) mass is 289 g/mol. The molecule has 112 valence electrons. The molecule has 0 saturated carbocycles. The van der Waals surface area contributed by atoms with Crippen LogP contribution in [0, 0.1) is 6.92 Å². The second-order valence-electron chi connectivity index (χ2n) is 5.37. The predicted octanol–water partition coefficient (Wildman–Crippen LogP) is 1.09. The summed E-state index contributed by atoms with van der Waals surface area (Å²) in [4.78, 5) is 21.2. The highest BCUT2D eigenvalue weighted by molar-refractivity contribution is 5.93. The van der Waals surface area contributed by atoms with Gasteiger partial charge in [-0.15, -0.1) is 0 Å². The molecule has 0 unspecified atom stereocenters. The number of aromatic amines is 2. The molecule has 2 aromatic rings. The van der Waals surface area contributed by atoms with Crippen molar-refractivity contribution in [1.29, 1.82) is 0 Å². The van der Waals surface area contributed by atoms with Crippen LogP contribution in [-0.2, 0) is 4.74 Å². The summed E-state index contributed by atoms with van der Waals surface area (Å²) in [7, 11) is 1.79. The first kappa shape index (κ1) is 13.8. The fraction of sp³-hybridized carbons (Fsp3) is 0.500. The van der Waals surface area contributed by atoms with Gasteiger partial charge in [-0.05, 0) is 19.4 Å². The van der Waals surface area contributed by atoms with Gasteiger partial charge in [-0.1, -0.05) is 0 Å². The first-order valence-corrected chi connectivity index (χ1v) is 7.04. The van der Waals surface area contributed by atoms with E-state index >= 15 is 0 Å². The smallest absolute Gasteiger partial charge is 0.255 e. The largest absolute Gasteiger partial charge is 0.376 e. The van der Waals surface area contributed by atoms with E-state index < -0.39 is 0 Å². The van der Waals surface area contributed by atoms with Crippen LogP contribution in [0.25, 0.3) is 0 Å². The predicted molar refractivity (Wildman–Crippen MR) is 76.0 cm³/mol. The minimum atomic E-state index is -0.0620. The molecule has 3 rings (SSSR count). The number of aromatic nitrogens is 4. The molecule has 2 atom stereocenters. The van der Waals surface area contributed by atoms with Gasteiger partial charge in [-0.25, -0.2) is 4.98 Å². The Kier molecular flexibility index (Phi) is 3.74. The van der Waals surface area contributed by atoms with Crippen molar-refractivity contribution in [3.63, 3.8) is 0 Å². The molecule has 1 fully saturated rings. The van der Waals surface area contributed by atoms with E-state index in [0.29, 0.717) is 18.7 Å².